The predicted molar refractivity (Wildman–Crippen MR) is 75.6 cm³/mol. The normalized spacial score (nSPS) is 12.0. The first-order valence-corrected chi connectivity index (χ1v) is 7.04. The van der Waals surface area contributed by atoms with Gasteiger partial charge in [-0.1, -0.05) is 20.3 Å². The van der Waals surface area contributed by atoms with Gasteiger partial charge in [-0.2, -0.15) is 0 Å². The number of nitrogens with one attached hydrogen (secondary N) is 1. The van der Waals surface area contributed by atoms with E-state index in [4.69, 9.17) is 4.74 Å². The summed E-state index contributed by atoms with van der Waals surface area (Å²) in [6, 6.07) is 1.24. The Hall–Kier alpha value is -0.120. The minimum Gasteiger partial charge on any atom is -0.383 e. The monoisotopic (exact) mass is 244 g/mol. The highest BCUT2D eigenvalue weighted by Gasteiger charge is 2.07. The zero-order valence-corrected chi connectivity index (χ0v) is 12.5. The van der Waals surface area contributed by atoms with E-state index in [2.05, 4.69) is 37.9 Å². The van der Waals surface area contributed by atoms with Crippen LogP contribution in [-0.2, 0) is 4.74 Å². The van der Waals surface area contributed by atoms with Gasteiger partial charge in [0.2, 0.25) is 0 Å². The smallest absolute Gasteiger partial charge is 0.0589 e. The molecule has 0 saturated carbocycles. The van der Waals surface area contributed by atoms with Crippen LogP contribution in [0.25, 0.3) is 0 Å². The molecule has 0 radical (unpaired) electrons. The quantitative estimate of drug-likeness (QED) is 0.565. The highest BCUT2D eigenvalue weighted by molar-refractivity contribution is 4.63. The van der Waals surface area contributed by atoms with Crippen LogP contribution >= 0.6 is 0 Å². The van der Waals surface area contributed by atoms with Crippen LogP contribution in [0.15, 0.2) is 0 Å². The SMILES string of the molecule is COCCN(CCCCCNC(C)C)C(C)C. The Morgan fingerprint density at radius 2 is 1.71 bits per heavy atom. The molecule has 0 aromatic heterocycles. The molecule has 0 aliphatic rings. The third-order valence-electron chi connectivity index (χ3n) is 2.99. The Balaban J connectivity index is 3.47. The fraction of sp³-hybridized carbons (Fsp3) is 1.00. The molecule has 0 aliphatic heterocycles. The van der Waals surface area contributed by atoms with Gasteiger partial charge in [0.05, 0.1) is 6.61 Å². The summed E-state index contributed by atoms with van der Waals surface area (Å²) in [6.07, 6.45) is 3.89. The average Bonchev–Trinajstić information content (AvgIpc) is 2.26. The standard InChI is InChI=1S/C14H32N2O/c1-13(2)15-9-7-6-8-10-16(14(3)4)11-12-17-5/h13-15H,6-12H2,1-5H3. The molecule has 0 atom stereocenters. The number of nitrogens with zero attached hydrogens (tertiary/aromatic N) is 1. The van der Waals surface area contributed by atoms with Crippen molar-refractivity contribution < 1.29 is 4.74 Å². The molecular weight excluding hydrogens is 212 g/mol. The van der Waals surface area contributed by atoms with Gasteiger partial charge in [0.15, 0.2) is 0 Å². The summed E-state index contributed by atoms with van der Waals surface area (Å²) in [5.41, 5.74) is 0. The van der Waals surface area contributed by atoms with Crippen molar-refractivity contribution in [3.05, 3.63) is 0 Å². The lowest BCUT2D eigenvalue weighted by Crippen LogP contribution is -2.34. The van der Waals surface area contributed by atoms with Gasteiger partial charge < -0.3 is 10.1 Å². The third-order valence-corrected chi connectivity index (χ3v) is 2.99. The Kier molecular flexibility index (Phi) is 10.9. The van der Waals surface area contributed by atoms with Crippen molar-refractivity contribution in [2.45, 2.75) is 59.0 Å². The molecule has 3 nitrogen and oxygen atoms in total. The molecule has 0 heterocycles. The maximum Gasteiger partial charge on any atom is 0.0589 e. The highest BCUT2D eigenvalue weighted by Crippen LogP contribution is 2.03. The molecule has 104 valence electrons. The van der Waals surface area contributed by atoms with Gasteiger partial charge in [-0.15, -0.1) is 0 Å². The van der Waals surface area contributed by atoms with E-state index in [1.54, 1.807) is 7.11 Å². The van der Waals surface area contributed by atoms with Crippen LogP contribution in [0.5, 0.6) is 0 Å². The van der Waals surface area contributed by atoms with E-state index in [9.17, 15) is 0 Å². The van der Waals surface area contributed by atoms with E-state index >= 15 is 0 Å². The number of hydrogen-bond donors (Lipinski definition) is 1. The molecule has 1 N–H and O–H groups in total. The number of ether oxygens (including phenoxy) is 1. The van der Waals surface area contributed by atoms with Crippen molar-refractivity contribution in [2.24, 2.45) is 0 Å². The van der Waals surface area contributed by atoms with E-state index in [-0.39, 0.29) is 0 Å². The van der Waals surface area contributed by atoms with Crippen molar-refractivity contribution in [3.63, 3.8) is 0 Å². The summed E-state index contributed by atoms with van der Waals surface area (Å²) in [5, 5.41) is 3.46. The van der Waals surface area contributed by atoms with Crippen molar-refractivity contribution in [2.75, 3.05) is 33.4 Å². The Bertz CT molecular complexity index is 160. The summed E-state index contributed by atoms with van der Waals surface area (Å²) in [7, 11) is 1.77. The Labute approximate surface area is 108 Å². The summed E-state index contributed by atoms with van der Waals surface area (Å²) in [4.78, 5) is 2.50. The van der Waals surface area contributed by atoms with Crippen molar-refractivity contribution in [1.82, 2.24) is 10.2 Å². The van der Waals surface area contributed by atoms with Crippen LogP contribution in [0, 0.1) is 0 Å². The van der Waals surface area contributed by atoms with Crippen molar-refractivity contribution >= 4 is 0 Å². The molecule has 0 unspecified atom stereocenters. The second kappa shape index (κ2) is 11.0. The summed E-state index contributed by atoms with van der Waals surface area (Å²) in [6.45, 7) is 13.2. The second-order valence-electron chi connectivity index (χ2n) is 5.29. The van der Waals surface area contributed by atoms with Crippen molar-refractivity contribution in [1.29, 1.82) is 0 Å². The van der Waals surface area contributed by atoms with E-state index in [0.29, 0.717) is 12.1 Å². The fourth-order valence-electron chi connectivity index (χ4n) is 1.84. The molecule has 0 aliphatic carbocycles. The predicted octanol–water partition coefficient (Wildman–Crippen LogP) is 2.51. The molecule has 0 fully saturated rings. The van der Waals surface area contributed by atoms with Gasteiger partial charge in [0, 0.05) is 25.7 Å². The zero-order chi connectivity index (χ0) is 13.1. The van der Waals surface area contributed by atoms with Gasteiger partial charge in [0.1, 0.15) is 0 Å². The lowest BCUT2D eigenvalue weighted by molar-refractivity contribution is 0.128. The lowest BCUT2D eigenvalue weighted by Gasteiger charge is -2.26. The third kappa shape index (κ3) is 10.7. The topological polar surface area (TPSA) is 24.5 Å². The van der Waals surface area contributed by atoms with Crippen LogP contribution < -0.4 is 5.32 Å². The first-order chi connectivity index (χ1) is 8.07. The molecule has 0 rings (SSSR count). The summed E-state index contributed by atoms with van der Waals surface area (Å²) in [5.74, 6) is 0. The number of unbranched alkanes of at least 4 members (excludes halogenated alkanes) is 2. The molecule has 0 spiro atoms. The first kappa shape index (κ1) is 16.9. The van der Waals surface area contributed by atoms with Gasteiger partial charge in [-0.05, 0) is 39.8 Å². The fourth-order valence-corrected chi connectivity index (χ4v) is 1.84. The molecule has 0 amide bonds. The van der Waals surface area contributed by atoms with Crippen LogP contribution in [0.3, 0.4) is 0 Å². The zero-order valence-electron chi connectivity index (χ0n) is 12.5. The summed E-state index contributed by atoms with van der Waals surface area (Å²) < 4.78 is 5.14. The molecule has 0 aromatic carbocycles. The second-order valence-corrected chi connectivity index (χ2v) is 5.29. The number of hydrogen-bond acceptors (Lipinski definition) is 3. The van der Waals surface area contributed by atoms with E-state index in [0.717, 1.165) is 19.7 Å². The van der Waals surface area contributed by atoms with E-state index in [1.807, 2.05) is 0 Å². The highest BCUT2D eigenvalue weighted by atomic mass is 16.5. The molecule has 17 heavy (non-hydrogen) atoms. The molecule has 0 aromatic rings. The maximum atomic E-state index is 5.14. The number of methoxy groups -OCH3 is 1. The van der Waals surface area contributed by atoms with Gasteiger partial charge in [-0.25, -0.2) is 0 Å². The van der Waals surface area contributed by atoms with Crippen LogP contribution in [0.1, 0.15) is 47.0 Å². The molecule has 0 bridgehead atoms. The van der Waals surface area contributed by atoms with Gasteiger partial charge in [-0.3, -0.25) is 4.90 Å². The van der Waals surface area contributed by atoms with Gasteiger partial charge >= 0.3 is 0 Å². The minimum absolute atomic E-state index is 0.615. The number of rotatable bonds is 11. The Morgan fingerprint density at radius 3 is 2.24 bits per heavy atom. The van der Waals surface area contributed by atoms with Crippen LogP contribution in [0.4, 0.5) is 0 Å². The van der Waals surface area contributed by atoms with Crippen molar-refractivity contribution in [3.8, 4) is 0 Å². The van der Waals surface area contributed by atoms with Gasteiger partial charge in [0.25, 0.3) is 0 Å². The minimum atomic E-state index is 0.615. The lowest BCUT2D eigenvalue weighted by atomic mass is 10.2. The van der Waals surface area contributed by atoms with E-state index in [1.165, 1.54) is 25.8 Å². The molecular formula is C14H32N2O. The average molecular weight is 244 g/mol. The maximum absolute atomic E-state index is 5.14. The molecule has 3 heteroatoms. The van der Waals surface area contributed by atoms with Crippen LogP contribution in [-0.4, -0.2) is 50.3 Å². The van der Waals surface area contributed by atoms with E-state index < -0.39 is 0 Å². The summed E-state index contributed by atoms with van der Waals surface area (Å²) >= 11 is 0. The van der Waals surface area contributed by atoms with Crippen LogP contribution in [0.2, 0.25) is 0 Å². The molecule has 0 saturated heterocycles. The Morgan fingerprint density at radius 1 is 1.00 bits per heavy atom. The first-order valence-electron chi connectivity index (χ1n) is 7.04. The largest absolute Gasteiger partial charge is 0.383 e.